The first-order valence-electron chi connectivity index (χ1n) is 6.96. The Kier molecular flexibility index (Phi) is 4.31. The summed E-state index contributed by atoms with van der Waals surface area (Å²) < 4.78 is 0. The van der Waals surface area contributed by atoms with Crippen LogP contribution < -0.4 is 0 Å². The highest BCUT2D eigenvalue weighted by atomic mass is 16.4. The van der Waals surface area contributed by atoms with Gasteiger partial charge < -0.3 is 10.2 Å². The number of carboxylic acids is 2. The number of ketones is 1. The Morgan fingerprint density at radius 2 is 1.30 bits per heavy atom. The Morgan fingerprint density at radius 1 is 0.739 bits per heavy atom. The average molecular weight is 312 g/mol. The first-order valence-corrected chi connectivity index (χ1v) is 6.96. The molecular formula is C18H16O5. The van der Waals surface area contributed by atoms with Gasteiger partial charge in [0, 0.05) is 11.1 Å². The van der Waals surface area contributed by atoms with E-state index in [4.69, 9.17) is 10.2 Å². The second-order valence-electron chi connectivity index (χ2n) is 5.38. The van der Waals surface area contributed by atoms with Crippen molar-refractivity contribution in [3.63, 3.8) is 0 Å². The third-order valence-corrected chi connectivity index (χ3v) is 4.05. The lowest BCUT2D eigenvalue weighted by molar-refractivity contribution is 0.0651. The van der Waals surface area contributed by atoms with E-state index in [1.807, 2.05) is 26.8 Å². The maximum Gasteiger partial charge on any atom is 0.336 e. The van der Waals surface area contributed by atoms with E-state index in [1.165, 1.54) is 6.07 Å². The number of carbonyl (C=O) groups is 3. The Balaban J connectivity index is 2.57. The highest BCUT2D eigenvalue weighted by molar-refractivity contribution is 6.12. The van der Waals surface area contributed by atoms with Gasteiger partial charge in [0.2, 0.25) is 0 Å². The lowest BCUT2D eigenvalue weighted by atomic mass is 9.92. The van der Waals surface area contributed by atoms with Crippen LogP contribution in [0, 0.1) is 20.8 Å². The third kappa shape index (κ3) is 2.99. The van der Waals surface area contributed by atoms with Gasteiger partial charge in [-0.25, -0.2) is 9.59 Å². The Hall–Kier alpha value is -2.95. The van der Waals surface area contributed by atoms with Gasteiger partial charge in [-0.3, -0.25) is 4.79 Å². The molecule has 2 N–H and O–H groups in total. The summed E-state index contributed by atoms with van der Waals surface area (Å²) in [6.07, 6.45) is 0. The molecule has 2 rings (SSSR count). The van der Waals surface area contributed by atoms with E-state index < -0.39 is 17.5 Å². The van der Waals surface area contributed by atoms with Gasteiger partial charge in [-0.2, -0.15) is 0 Å². The van der Waals surface area contributed by atoms with Crippen LogP contribution in [0.3, 0.4) is 0 Å². The van der Waals surface area contributed by atoms with Crippen molar-refractivity contribution in [1.82, 2.24) is 0 Å². The number of carboxylic acid groups (broad SMARTS) is 2. The van der Waals surface area contributed by atoms with Crippen molar-refractivity contribution in [2.24, 2.45) is 0 Å². The minimum absolute atomic E-state index is 0.152. The molecule has 0 aromatic heterocycles. The van der Waals surface area contributed by atoms with Gasteiger partial charge in [0.05, 0.1) is 11.1 Å². The first-order chi connectivity index (χ1) is 10.7. The third-order valence-electron chi connectivity index (χ3n) is 4.05. The zero-order valence-corrected chi connectivity index (χ0v) is 13.0. The molecule has 118 valence electrons. The molecule has 0 saturated heterocycles. The molecule has 0 radical (unpaired) electrons. The molecule has 0 heterocycles. The number of aryl methyl sites for hydroxylation is 1. The van der Waals surface area contributed by atoms with E-state index >= 15 is 0 Å². The number of hydrogen-bond donors (Lipinski definition) is 2. The van der Waals surface area contributed by atoms with Crippen molar-refractivity contribution in [3.05, 3.63) is 69.3 Å². The van der Waals surface area contributed by atoms with E-state index in [-0.39, 0.29) is 16.9 Å². The zero-order valence-electron chi connectivity index (χ0n) is 13.0. The van der Waals surface area contributed by atoms with Crippen LogP contribution in [0.2, 0.25) is 0 Å². The molecule has 0 fully saturated rings. The summed E-state index contributed by atoms with van der Waals surface area (Å²) in [6.45, 7) is 5.69. The number of aromatic carboxylic acids is 2. The van der Waals surface area contributed by atoms with Crippen molar-refractivity contribution in [2.45, 2.75) is 20.8 Å². The minimum atomic E-state index is -1.38. The van der Waals surface area contributed by atoms with Crippen LogP contribution in [0.15, 0.2) is 30.3 Å². The molecule has 0 amide bonds. The molecule has 0 unspecified atom stereocenters. The van der Waals surface area contributed by atoms with Crippen molar-refractivity contribution >= 4 is 17.7 Å². The fourth-order valence-corrected chi connectivity index (χ4v) is 2.41. The summed E-state index contributed by atoms with van der Waals surface area (Å²) in [7, 11) is 0. The molecule has 5 nitrogen and oxygen atoms in total. The topological polar surface area (TPSA) is 91.7 Å². The molecule has 23 heavy (non-hydrogen) atoms. The van der Waals surface area contributed by atoms with Gasteiger partial charge in [0.1, 0.15) is 0 Å². The minimum Gasteiger partial charge on any atom is -0.478 e. The van der Waals surface area contributed by atoms with Crippen LogP contribution in [0.1, 0.15) is 53.3 Å². The van der Waals surface area contributed by atoms with Crippen LogP contribution in [-0.2, 0) is 0 Å². The number of benzene rings is 2. The predicted octanol–water partition coefficient (Wildman–Crippen LogP) is 3.24. The van der Waals surface area contributed by atoms with Gasteiger partial charge in [0.25, 0.3) is 0 Å². The second kappa shape index (κ2) is 6.04. The van der Waals surface area contributed by atoms with Crippen molar-refractivity contribution in [2.75, 3.05) is 0 Å². The van der Waals surface area contributed by atoms with E-state index in [0.29, 0.717) is 5.56 Å². The van der Waals surface area contributed by atoms with E-state index in [9.17, 15) is 14.4 Å². The zero-order chi connectivity index (χ0) is 17.3. The molecule has 0 saturated carbocycles. The maximum absolute atomic E-state index is 12.6. The lowest BCUT2D eigenvalue weighted by Crippen LogP contribution is -2.12. The smallest absolute Gasteiger partial charge is 0.336 e. The van der Waals surface area contributed by atoms with E-state index in [0.717, 1.165) is 28.8 Å². The maximum atomic E-state index is 12.6. The fraction of sp³-hybridized carbons (Fsp3) is 0.167. The van der Waals surface area contributed by atoms with Gasteiger partial charge in [0.15, 0.2) is 5.78 Å². The Bertz CT molecular complexity index is 834. The number of hydrogen-bond acceptors (Lipinski definition) is 3. The number of rotatable bonds is 4. The fourth-order valence-electron chi connectivity index (χ4n) is 2.41. The first kappa shape index (κ1) is 16.4. The monoisotopic (exact) mass is 312 g/mol. The average Bonchev–Trinajstić information content (AvgIpc) is 2.51. The van der Waals surface area contributed by atoms with Crippen molar-refractivity contribution < 1.29 is 24.6 Å². The van der Waals surface area contributed by atoms with E-state index in [1.54, 1.807) is 6.07 Å². The Labute approximate surface area is 133 Å². The molecule has 0 bridgehead atoms. The van der Waals surface area contributed by atoms with Crippen LogP contribution in [0.25, 0.3) is 0 Å². The van der Waals surface area contributed by atoms with Gasteiger partial charge in [-0.15, -0.1) is 0 Å². The summed E-state index contributed by atoms with van der Waals surface area (Å²) in [5.74, 6) is -3.05. The molecule has 2 aromatic carbocycles. The highest BCUT2D eigenvalue weighted by Crippen LogP contribution is 2.22. The summed E-state index contributed by atoms with van der Waals surface area (Å²) in [4.78, 5) is 34.9. The van der Waals surface area contributed by atoms with Crippen LogP contribution in [-0.4, -0.2) is 27.9 Å². The molecule has 0 atom stereocenters. The molecule has 2 aromatic rings. The molecular weight excluding hydrogens is 296 g/mol. The standard InChI is InChI=1S/C18H16O5/c1-9-4-6-13(11(3)10(9)2)16(19)12-5-7-14(17(20)21)15(8-12)18(22)23/h4-8H,1-3H3,(H,20,21)(H,22,23). The SMILES string of the molecule is Cc1ccc(C(=O)c2ccc(C(=O)O)c(C(=O)O)c2)c(C)c1C. The van der Waals surface area contributed by atoms with Crippen molar-refractivity contribution in [1.29, 1.82) is 0 Å². The second-order valence-corrected chi connectivity index (χ2v) is 5.38. The Morgan fingerprint density at radius 3 is 1.87 bits per heavy atom. The lowest BCUT2D eigenvalue weighted by Gasteiger charge is -2.11. The van der Waals surface area contributed by atoms with Crippen molar-refractivity contribution in [3.8, 4) is 0 Å². The molecule has 5 heteroatoms. The summed E-state index contributed by atoms with van der Waals surface area (Å²) >= 11 is 0. The van der Waals surface area contributed by atoms with Crippen LogP contribution >= 0.6 is 0 Å². The van der Waals surface area contributed by atoms with E-state index in [2.05, 4.69) is 0 Å². The largest absolute Gasteiger partial charge is 0.478 e. The summed E-state index contributed by atoms with van der Waals surface area (Å²) in [5.41, 5.74) is 2.78. The molecule has 0 spiro atoms. The summed E-state index contributed by atoms with van der Waals surface area (Å²) in [6, 6.07) is 7.13. The normalized spacial score (nSPS) is 10.4. The summed E-state index contributed by atoms with van der Waals surface area (Å²) in [5, 5.41) is 18.2. The molecule has 0 aliphatic carbocycles. The van der Waals surface area contributed by atoms with Gasteiger partial charge in [-0.05, 0) is 49.6 Å². The number of carbonyl (C=O) groups excluding carboxylic acids is 1. The van der Waals surface area contributed by atoms with Gasteiger partial charge >= 0.3 is 11.9 Å². The van der Waals surface area contributed by atoms with Crippen LogP contribution in [0.5, 0.6) is 0 Å². The molecule has 0 aliphatic rings. The predicted molar refractivity (Wildman–Crippen MR) is 84.4 cm³/mol. The van der Waals surface area contributed by atoms with Gasteiger partial charge in [-0.1, -0.05) is 18.2 Å². The molecule has 0 aliphatic heterocycles. The van der Waals surface area contributed by atoms with Crippen LogP contribution in [0.4, 0.5) is 0 Å². The highest BCUT2D eigenvalue weighted by Gasteiger charge is 2.20. The quantitative estimate of drug-likeness (QED) is 0.846.